The predicted molar refractivity (Wildman–Crippen MR) is 126 cm³/mol. The van der Waals surface area contributed by atoms with Gasteiger partial charge in [-0.2, -0.15) is 0 Å². The van der Waals surface area contributed by atoms with Gasteiger partial charge in [-0.05, 0) is 62.7 Å². The van der Waals surface area contributed by atoms with E-state index in [1.54, 1.807) is 6.08 Å². The highest BCUT2D eigenvalue weighted by Crippen LogP contribution is 2.25. The Bertz CT molecular complexity index is 1230. The van der Waals surface area contributed by atoms with Crippen molar-refractivity contribution >= 4 is 45.2 Å². The standard InChI is InChI=1S/C25H26N4O/c1-4-29(5-2)19-11-12-22(17(3)14-19)28-25(30)13-10-18-15-21-20-8-6-7-9-23(20)27-24(21)16-26-18/h6-16,27H,4-5H2,1-3H3,(H,28,30)/b13-10+. The topological polar surface area (TPSA) is 61.0 Å². The number of nitrogens with one attached hydrogen (secondary N) is 2. The number of H-pyrrole nitrogens is 1. The minimum Gasteiger partial charge on any atom is -0.372 e. The van der Waals surface area contributed by atoms with E-state index in [-0.39, 0.29) is 5.91 Å². The van der Waals surface area contributed by atoms with Crippen molar-refractivity contribution in [2.45, 2.75) is 20.8 Å². The maximum Gasteiger partial charge on any atom is 0.248 e. The average Bonchev–Trinajstić information content (AvgIpc) is 3.13. The zero-order valence-electron chi connectivity index (χ0n) is 17.6. The molecule has 0 saturated heterocycles. The second kappa shape index (κ2) is 8.41. The van der Waals surface area contributed by atoms with Crippen LogP contribution in [0.3, 0.4) is 0 Å². The van der Waals surface area contributed by atoms with Gasteiger partial charge in [0.05, 0.1) is 17.4 Å². The highest BCUT2D eigenvalue weighted by atomic mass is 16.1. The number of hydrogen-bond acceptors (Lipinski definition) is 3. The van der Waals surface area contributed by atoms with Crippen LogP contribution in [0.4, 0.5) is 11.4 Å². The Hall–Kier alpha value is -3.60. The molecule has 0 atom stereocenters. The van der Waals surface area contributed by atoms with E-state index in [1.165, 1.54) is 11.8 Å². The molecule has 0 saturated carbocycles. The van der Waals surface area contributed by atoms with Crippen molar-refractivity contribution in [1.82, 2.24) is 9.97 Å². The van der Waals surface area contributed by atoms with E-state index in [2.05, 4.69) is 46.2 Å². The van der Waals surface area contributed by atoms with Crippen molar-refractivity contribution < 1.29 is 4.79 Å². The van der Waals surface area contributed by atoms with Gasteiger partial charge in [0, 0.05) is 46.8 Å². The molecule has 0 aliphatic carbocycles. The highest BCUT2D eigenvalue weighted by molar-refractivity contribution is 6.08. The second-order valence-corrected chi connectivity index (χ2v) is 7.32. The van der Waals surface area contributed by atoms with Gasteiger partial charge in [-0.15, -0.1) is 0 Å². The number of fused-ring (bicyclic) bond motifs is 3. The average molecular weight is 399 g/mol. The predicted octanol–water partition coefficient (Wildman–Crippen LogP) is 5.52. The number of para-hydroxylation sites is 1. The number of amides is 1. The monoisotopic (exact) mass is 398 g/mol. The first-order valence-electron chi connectivity index (χ1n) is 10.3. The van der Waals surface area contributed by atoms with Gasteiger partial charge in [-0.1, -0.05) is 18.2 Å². The first-order chi connectivity index (χ1) is 14.6. The van der Waals surface area contributed by atoms with Crippen LogP contribution in [0.15, 0.2) is 60.8 Å². The van der Waals surface area contributed by atoms with Gasteiger partial charge in [0.15, 0.2) is 0 Å². The number of anilines is 2. The summed E-state index contributed by atoms with van der Waals surface area (Å²) in [6.45, 7) is 8.21. The normalized spacial score (nSPS) is 11.4. The van der Waals surface area contributed by atoms with Gasteiger partial charge in [-0.25, -0.2) is 0 Å². The number of aryl methyl sites for hydroxylation is 1. The van der Waals surface area contributed by atoms with Gasteiger partial charge >= 0.3 is 0 Å². The van der Waals surface area contributed by atoms with Crippen LogP contribution in [-0.4, -0.2) is 29.0 Å². The Kier molecular flexibility index (Phi) is 5.53. The number of hydrogen-bond donors (Lipinski definition) is 2. The van der Waals surface area contributed by atoms with Crippen LogP contribution < -0.4 is 10.2 Å². The molecule has 0 bridgehead atoms. The Labute approximate surface area is 176 Å². The Balaban J connectivity index is 1.50. The first kappa shape index (κ1) is 19.7. The van der Waals surface area contributed by atoms with Crippen LogP contribution in [-0.2, 0) is 4.79 Å². The SMILES string of the molecule is CCN(CC)c1ccc(NC(=O)/C=C/c2cc3c(cn2)[nH]c2ccccc23)c(C)c1. The third kappa shape index (κ3) is 3.92. The van der Waals surface area contributed by atoms with E-state index in [9.17, 15) is 4.79 Å². The molecule has 2 N–H and O–H groups in total. The summed E-state index contributed by atoms with van der Waals surface area (Å²) in [4.78, 5) is 22.5. The molecule has 152 valence electrons. The lowest BCUT2D eigenvalue weighted by Gasteiger charge is -2.22. The van der Waals surface area contributed by atoms with E-state index in [4.69, 9.17) is 0 Å². The molecular formula is C25H26N4O. The number of carbonyl (C=O) groups is 1. The largest absolute Gasteiger partial charge is 0.372 e. The summed E-state index contributed by atoms with van der Waals surface area (Å²) in [6, 6.07) is 16.3. The third-order valence-corrected chi connectivity index (χ3v) is 5.41. The van der Waals surface area contributed by atoms with Gasteiger partial charge in [0.1, 0.15) is 0 Å². The van der Waals surface area contributed by atoms with Crippen LogP contribution in [0.5, 0.6) is 0 Å². The van der Waals surface area contributed by atoms with E-state index in [0.29, 0.717) is 0 Å². The smallest absolute Gasteiger partial charge is 0.248 e. The summed E-state index contributed by atoms with van der Waals surface area (Å²) in [5, 5.41) is 5.22. The number of benzene rings is 2. The zero-order chi connectivity index (χ0) is 21.1. The fourth-order valence-corrected chi connectivity index (χ4v) is 3.77. The number of pyridine rings is 1. The van der Waals surface area contributed by atoms with Gasteiger partial charge in [0.25, 0.3) is 0 Å². The van der Waals surface area contributed by atoms with E-state index in [1.807, 2.05) is 49.5 Å². The molecule has 4 rings (SSSR count). The molecule has 0 unspecified atom stereocenters. The Morgan fingerprint density at radius 3 is 2.63 bits per heavy atom. The maximum atomic E-state index is 12.5. The number of nitrogens with zero attached hydrogens (tertiary/aromatic N) is 2. The zero-order valence-corrected chi connectivity index (χ0v) is 17.6. The van der Waals surface area contributed by atoms with Crippen LogP contribution in [0, 0.1) is 6.92 Å². The molecule has 0 aliphatic rings. The number of aromatic amines is 1. The molecule has 5 heteroatoms. The van der Waals surface area contributed by atoms with Crippen molar-refractivity contribution in [1.29, 1.82) is 0 Å². The second-order valence-electron chi connectivity index (χ2n) is 7.32. The molecule has 0 aliphatic heterocycles. The molecule has 5 nitrogen and oxygen atoms in total. The van der Waals surface area contributed by atoms with Crippen molar-refractivity contribution in [3.8, 4) is 0 Å². The molecule has 30 heavy (non-hydrogen) atoms. The lowest BCUT2D eigenvalue weighted by Crippen LogP contribution is -2.22. The highest BCUT2D eigenvalue weighted by Gasteiger charge is 2.07. The molecule has 2 aromatic heterocycles. The first-order valence-corrected chi connectivity index (χ1v) is 10.3. The fraction of sp³-hybridized carbons (Fsp3) is 0.200. The van der Waals surface area contributed by atoms with Crippen LogP contribution in [0.1, 0.15) is 25.1 Å². The van der Waals surface area contributed by atoms with Crippen LogP contribution >= 0.6 is 0 Å². The molecular weight excluding hydrogens is 372 g/mol. The summed E-state index contributed by atoms with van der Waals surface area (Å²) in [5.74, 6) is -0.172. The van der Waals surface area contributed by atoms with Crippen LogP contribution in [0.2, 0.25) is 0 Å². The van der Waals surface area contributed by atoms with E-state index in [0.717, 1.165) is 51.8 Å². The molecule has 4 aromatic rings. The molecule has 2 aromatic carbocycles. The molecule has 0 radical (unpaired) electrons. The summed E-state index contributed by atoms with van der Waals surface area (Å²) >= 11 is 0. The molecule has 1 amide bonds. The van der Waals surface area contributed by atoms with E-state index < -0.39 is 0 Å². The van der Waals surface area contributed by atoms with E-state index >= 15 is 0 Å². The lowest BCUT2D eigenvalue weighted by molar-refractivity contribution is -0.111. The molecule has 2 heterocycles. The maximum absolute atomic E-state index is 12.5. The molecule has 0 spiro atoms. The third-order valence-electron chi connectivity index (χ3n) is 5.41. The number of carbonyl (C=O) groups excluding carboxylic acids is 1. The quantitative estimate of drug-likeness (QED) is 0.420. The lowest BCUT2D eigenvalue weighted by atomic mass is 10.1. The Morgan fingerprint density at radius 1 is 1.07 bits per heavy atom. The summed E-state index contributed by atoms with van der Waals surface area (Å²) in [5.41, 5.74) is 5.84. The fourth-order valence-electron chi connectivity index (χ4n) is 3.77. The molecule has 0 fully saturated rings. The van der Waals surface area contributed by atoms with Crippen molar-refractivity contribution in [2.24, 2.45) is 0 Å². The van der Waals surface area contributed by atoms with Gasteiger partial charge in [0.2, 0.25) is 5.91 Å². The van der Waals surface area contributed by atoms with Crippen molar-refractivity contribution in [3.63, 3.8) is 0 Å². The minimum absolute atomic E-state index is 0.172. The van der Waals surface area contributed by atoms with Gasteiger partial charge in [-0.3, -0.25) is 9.78 Å². The summed E-state index contributed by atoms with van der Waals surface area (Å²) < 4.78 is 0. The van der Waals surface area contributed by atoms with Crippen molar-refractivity contribution in [2.75, 3.05) is 23.3 Å². The summed E-state index contributed by atoms with van der Waals surface area (Å²) in [7, 11) is 0. The minimum atomic E-state index is -0.172. The van der Waals surface area contributed by atoms with Gasteiger partial charge < -0.3 is 15.2 Å². The number of rotatable bonds is 6. The van der Waals surface area contributed by atoms with Crippen molar-refractivity contribution in [3.05, 3.63) is 72.1 Å². The summed E-state index contributed by atoms with van der Waals surface area (Å²) in [6.07, 6.45) is 5.08. The number of aromatic nitrogens is 2. The Morgan fingerprint density at radius 2 is 1.87 bits per heavy atom. The van der Waals surface area contributed by atoms with Crippen LogP contribution in [0.25, 0.3) is 27.9 Å².